The lowest BCUT2D eigenvalue weighted by Crippen LogP contribution is -2.43. The quantitative estimate of drug-likeness (QED) is 0.625. The second-order valence-electron chi connectivity index (χ2n) is 5.60. The fourth-order valence-corrected chi connectivity index (χ4v) is 1.83. The molecular formula is C16H26FN3S. The molecule has 0 aliphatic carbocycles. The molecule has 21 heavy (non-hydrogen) atoms. The van der Waals surface area contributed by atoms with Crippen molar-refractivity contribution in [2.75, 3.05) is 19.3 Å². The minimum Gasteiger partial charge on any atom is -0.357 e. The zero-order valence-electron chi connectivity index (χ0n) is 13.6. The van der Waals surface area contributed by atoms with Gasteiger partial charge >= 0.3 is 0 Å². The fourth-order valence-electron chi connectivity index (χ4n) is 1.62. The van der Waals surface area contributed by atoms with Gasteiger partial charge in [0.05, 0.1) is 6.54 Å². The van der Waals surface area contributed by atoms with E-state index in [1.807, 2.05) is 24.8 Å². The first-order chi connectivity index (χ1) is 9.88. The maximum Gasteiger partial charge on any atom is 0.191 e. The number of hydrogen-bond acceptors (Lipinski definition) is 2. The Kier molecular flexibility index (Phi) is 7.02. The normalized spacial score (nSPS) is 12.4. The SMILES string of the molecule is CCNC(=NCc1ccc(C)c(F)c1)NCC(C)(C)SC. The number of thioether (sulfide) groups is 1. The summed E-state index contributed by atoms with van der Waals surface area (Å²) in [6.07, 6.45) is 2.10. The largest absolute Gasteiger partial charge is 0.357 e. The van der Waals surface area contributed by atoms with E-state index in [0.717, 1.165) is 24.6 Å². The highest BCUT2D eigenvalue weighted by molar-refractivity contribution is 7.99. The van der Waals surface area contributed by atoms with Gasteiger partial charge in [0.2, 0.25) is 0 Å². The molecular weight excluding hydrogens is 285 g/mol. The molecule has 118 valence electrons. The molecule has 0 heterocycles. The molecule has 0 saturated heterocycles. The summed E-state index contributed by atoms with van der Waals surface area (Å²) in [5, 5.41) is 6.54. The highest BCUT2D eigenvalue weighted by atomic mass is 32.2. The van der Waals surface area contributed by atoms with Gasteiger partial charge in [-0.05, 0) is 51.1 Å². The van der Waals surface area contributed by atoms with Gasteiger partial charge in [-0.25, -0.2) is 9.38 Å². The Morgan fingerprint density at radius 3 is 2.62 bits per heavy atom. The van der Waals surface area contributed by atoms with Crippen molar-refractivity contribution in [1.29, 1.82) is 0 Å². The number of guanidine groups is 1. The van der Waals surface area contributed by atoms with Crippen LogP contribution in [-0.4, -0.2) is 30.1 Å². The van der Waals surface area contributed by atoms with Crippen molar-refractivity contribution in [3.05, 3.63) is 35.1 Å². The van der Waals surface area contributed by atoms with Gasteiger partial charge in [-0.1, -0.05) is 12.1 Å². The molecule has 0 aromatic heterocycles. The van der Waals surface area contributed by atoms with E-state index in [2.05, 4.69) is 35.7 Å². The smallest absolute Gasteiger partial charge is 0.191 e. The lowest BCUT2D eigenvalue weighted by Gasteiger charge is -2.23. The summed E-state index contributed by atoms with van der Waals surface area (Å²) in [5.74, 6) is 0.588. The molecule has 0 radical (unpaired) electrons. The van der Waals surface area contributed by atoms with Gasteiger partial charge in [0.1, 0.15) is 5.82 Å². The van der Waals surface area contributed by atoms with Crippen LogP contribution >= 0.6 is 11.8 Å². The molecule has 0 bridgehead atoms. The molecule has 0 saturated carbocycles. The molecule has 1 rings (SSSR count). The van der Waals surface area contributed by atoms with E-state index in [-0.39, 0.29) is 10.6 Å². The lowest BCUT2D eigenvalue weighted by atomic mass is 10.1. The third-order valence-electron chi connectivity index (χ3n) is 3.23. The Morgan fingerprint density at radius 1 is 1.33 bits per heavy atom. The molecule has 0 unspecified atom stereocenters. The van der Waals surface area contributed by atoms with E-state index < -0.39 is 0 Å². The Balaban J connectivity index is 2.68. The van der Waals surface area contributed by atoms with E-state index in [0.29, 0.717) is 12.1 Å². The van der Waals surface area contributed by atoms with Gasteiger partial charge in [0.25, 0.3) is 0 Å². The van der Waals surface area contributed by atoms with Crippen molar-refractivity contribution in [3.8, 4) is 0 Å². The summed E-state index contributed by atoms with van der Waals surface area (Å²) >= 11 is 1.81. The Bertz CT molecular complexity index is 486. The molecule has 1 aromatic carbocycles. The molecule has 0 fully saturated rings. The van der Waals surface area contributed by atoms with Crippen LogP contribution in [0.25, 0.3) is 0 Å². The number of hydrogen-bond donors (Lipinski definition) is 2. The minimum atomic E-state index is -0.177. The van der Waals surface area contributed by atoms with Crippen LogP contribution in [-0.2, 0) is 6.54 Å². The summed E-state index contributed by atoms with van der Waals surface area (Å²) in [4.78, 5) is 4.51. The van der Waals surface area contributed by atoms with Crippen LogP contribution < -0.4 is 10.6 Å². The summed E-state index contributed by atoms with van der Waals surface area (Å²) in [5.41, 5.74) is 1.54. The third kappa shape index (κ3) is 6.38. The van der Waals surface area contributed by atoms with Crippen LogP contribution in [0.15, 0.2) is 23.2 Å². The Morgan fingerprint density at radius 2 is 2.05 bits per heavy atom. The van der Waals surface area contributed by atoms with E-state index in [4.69, 9.17) is 0 Å². The molecule has 0 atom stereocenters. The molecule has 0 spiro atoms. The highest BCUT2D eigenvalue weighted by Crippen LogP contribution is 2.19. The van der Waals surface area contributed by atoms with Gasteiger partial charge < -0.3 is 10.6 Å². The van der Waals surface area contributed by atoms with Crippen molar-refractivity contribution in [2.24, 2.45) is 4.99 Å². The standard InChI is InChI=1S/C16H26FN3S/c1-6-18-15(20-11-16(3,4)21-5)19-10-13-8-7-12(2)14(17)9-13/h7-9H,6,10-11H2,1-5H3,(H2,18,19,20). The van der Waals surface area contributed by atoms with Crippen molar-refractivity contribution in [2.45, 2.75) is 39.0 Å². The first-order valence-electron chi connectivity index (χ1n) is 7.20. The van der Waals surface area contributed by atoms with E-state index in [9.17, 15) is 4.39 Å². The zero-order valence-corrected chi connectivity index (χ0v) is 14.4. The van der Waals surface area contributed by atoms with Gasteiger partial charge in [-0.15, -0.1) is 0 Å². The van der Waals surface area contributed by atoms with Crippen LogP contribution in [0.3, 0.4) is 0 Å². The fraction of sp³-hybridized carbons (Fsp3) is 0.562. The van der Waals surface area contributed by atoms with Crippen LogP contribution in [0.5, 0.6) is 0 Å². The van der Waals surface area contributed by atoms with Crippen LogP contribution in [0.1, 0.15) is 31.9 Å². The molecule has 2 N–H and O–H groups in total. The maximum atomic E-state index is 13.5. The van der Waals surface area contributed by atoms with Crippen molar-refractivity contribution >= 4 is 17.7 Å². The molecule has 1 aromatic rings. The lowest BCUT2D eigenvalue weighted by molar-refractivity contribution is 0.616. The van der Waals surface area contributed by atoms with Crippen LogP contribution in [0, 0.1) is 12.7 Å². The van der Waals surface area contributed by atoms with Crippen molar-refractivity contribution in [1.82, 2.24) is 10.6 Å². The van der Waals surface area contributed by atoms with Crippen molar-refractivity contribution in [3.63, 3.8) is 0 Å². The topological polar surface area (TPSA) is 36.4 Å². The van der Waals surface area contributed by atoms with E-state index in [1.165, 1.54) is 0 Å². The zero-order chi connectivity index (χ0) is 15.9. The average Bonchev–Trinajstić information content (AvgIpc) is 2.45. The molecule has 0 aliphatic heterocycles. The maximum absolute atomic E-state index is 13.5. The Labute approximate surface area is 131 Å². The van der Waals surface area contributed by atoms with Crippen molar-refractivity contribution < 1.29 is 4.39 Å². The number of aryl methyl sites for hydroxylation is 1. The second kappa shape index (κ2) is 8.27. The summed E-state index contributed by atoms with van der Waals surface area (Å²) < 4.78 is 13.7. The predicted molar refractivity (Wildman–Crippen MR) is 91.5 cm³/mol. The number of nitrogens with zero attached hydrogens (tertiary/aromatic N) is 1. The van der Waals surface area contributed by atoms with E-state index >= 15 is 0 Å². The monoisotopic (exact) mass is 311 g/mol. The number of rotatable bonds is 6. The summed E-state index contributed by atoms with van der Waals surface area (Å²) in [7, 11) is 0. The first kappa shape index (κ1) is 17.8. The first-order valence-corrected chi connectivity index (χ1v) is 8.43. The van der Waals surface area contributed by atoms with E-state index in [1.54, 1.807) is 19.1 Å². The number of aliphatic imine (C=N–C) groups is 1. The van der Waals surface area contributed by atoms with Gasteiger partial charge in [0.15, 0.2) is 5.96 Å². The van der Waals surface area contributed by atoms with Gasteiger partial charge in [0, 0.05) is 17.8 Å². The molecule has 0 amide bonds. The number of benzene rings is 1. The van der Waals surface area contributed by atoms with Gasteiger partial charge in [-0.2, -0.15) is 11.8 Å². The summed E-state index contributed by atoms with van der Waals surface area (Å²) in [6, 6.07) is 5.25. The third-order valence-corrected chi connectivity index (χ3v) is 4.48. The molecule has 3 nitrogen and oxygen atoms in total. The molecule has 5 heteroatoms. The highest BCUT2D eigenvalue weighted by Gasteiger charge is 2.16. The summed E-state index contributed by atoms with van der Waals surface area (Å²) in [6.45, 7) is 10.2. The van der Waals surface area contributed by atoms with Crippen LogP contribution in [0.4, 0.5) is 4.39 Å². The number of halogens is 1. The van der Waals surface area contributed by atoms with Gasteiger partial charge in [-0.3, -0.25) is 0 Å². The minimum absolute atomic E-state index is 0.145. The average molecular weight is 311 g/mol. The van der Waals surface area contributed by atoms with Crippen LogP contribution in [0.2, 0.25) is 0 Å². The predicted octanol–water partition coefficient (Wildman–Crippen LogP) is 3.33. The number of nitrogens with one attached hydrogen (secondary N) is 2. The molecule has 0 aliphatic rings. The second-order valence-corrected chi connectivity index (χ2v) is 7.11. The Hall–Kier alpha value is -1.23.